The topological polar surface area (TPSA) is 315 Å². The van der Waals surface area contributed by atoms with E-state index in [-0.39, 0.29) is 59.8 Å². The van der Waals surface area contributed by atoms with E-state index in [1.807, 2.05) is 0 Å². The lowest BCUT2D eigenvalue weighted by Crippen LogP contribution is -2.56. The zero-order valence-electron chi connectivity index (χ0n) is 39.7. The van der Waals surface area contributed by atoms with Crippen LogP contribution in [-0.4, -0.2) is 195 Å². The summed E-state index contributed by atoms with van der Waals surface area (Å²) >= 11 is 0. The van der Waals surface area contributed by atoms with Gasteiger partial charge in [-0.05, 0) is 64.1 Å². The van der Waals surface area contributed by atoms with E-state index in [1.54, 1.807) is 20.8 Å². The minimum Gasteiger partial charge on any atom is -0.507 e. The van der Waals surface area contributed by atoms with Crippen LogP contribution in [0.1, 0.15) is 83.1 Å². The van der Waals surface area contributed by atoms with E-state index in [1.165, 1.54) is 53.2 Å². The molecule has 8 N–H and O–H groups in total. The zero-order valence-corrected chi connectivity index (χ0v) is 39.7. The van der Waals surface area contributed by atoms with Crippen molar-refractivity contribution in [2.45, 2.75) is 196 Å². The van der Waals surface area contributed by atoms with Crippen molar-refractivity contribution in [1.29, 1.82) is 0 Å². The minimum absolute atomic E-state index is 0.00692. The summed E-state index contributed by atoms with van der Waals surface area (Å²) in [5.74, 6) is -4.65. The maximum absolute atomic E-state index is 14.8. The Hall–Kier alpha value is -3.69. The molecule has 22 nitrogen and oxygen atoms in total. The van der Waals surface area contributed by atoms with Crippen molar-refractivity contribution in [2.24, 2.45) is 5.92 Å². The van der Waals surface area contributed by atoms with Gasteiger partial charge >= 0.3 is 5.97 Å². The lowest BCUT2D eigenvalue weighted by molar-refractivity contribution is -0.311. The number of methoxy groups -OCH3 is 2. The molecule has 7 rings (SSSR count). The number of esters is 1. The van der Waals surface area contributed by atoms with Gasteiger partial charge in [0.25, 0.3) is 0 Å². The number of hydrogen-bond acceptors (Lipinski definition) is 22. The molecule has 22 heteroatoms. The van der Waals surface area contributed by atoms with E-state index in [0.29, 0.717) is 0 Å². The molecule has 0 aromatic heterocycles. The standard InChI is InChI=1S/C47H66O22/c1-17(48)38(53)43(58)46(60-8)26-11-24-9-23-10-25(66-34-16-31(45(21(5)64-34)65-22(6)49)68-33-14-29(52)44(59-7)20(4)63-33)12-27(50)36(23)41(56)37(24)42(57)47(26)69-35-15-30(40(55)19(3)62-35)67-32-13-28(51)39(54)18(2)61-32/h9-10,12,17-21,26,28-35,38-40,44-48,50-56H,11,13-16H2,1-8H3/t17-,18-,19-,20-,21-,26+,28-,29-,30-,31-,32+,33-,34+,35+,38+,39-,40-,44+,45+,46+,47+/m1/s1. The van der Waals surface area contributed by atoms with Crippen LogP contribution >= 0.6 is 0 Å². The van der Waals surface area contributed by atoms with E-state index >= 15 is 0 Å². The molecule has 21 atom stereocenters. The fourth-order valence-corrected chi connectivity index (χ4v) is 10.1. The number of ether oxygens (including phenoxy) is 11. The molecule has 0 bridgehead atoms. The van der Waals surface area contributed by atoms with Gasteiger partial charge in [0.15, 0.2) is 36.5 Å². The third kappa shape index (κ3) is 11.4. The largest absolute Gasteiger partial charge is 0.507 e. The van der Waals surface area contributed by atoms with Crippen molar-refractivity contribution in [1.82, 2.24) is 0 Å². The van der Waals surface area contributed by atoms with Crippen LogP contribution < -0.4 is 4.74 Å². The molecule has 0 radical (unpaired) electrons. The predicted molar refractivity (Wildman–Crippen MR) is 234 cm³/mol. The highest BCUT2D eigenvalue weighted by molar-refractivity contribution is 6.11. The van der Waals surface area contributed by atoms with Gasteiger partial charge in [0.05, 0.1) is 59.8 Å². The van der Waals surface area contributed by atoms with Gasteiger partial charge in [0.1, 0.15) is 60.0 Å². The Morgan fingerprint density at radius 2 is 1.30 bits per heavy atom. The number of aliphatic hydroxyl groups excluding tert-OH is 6. The average Bonchev–Trinajstić information content (AvgIpc) is 3.26. The molecule has 0 amide bonds. The maximum Gasteiger partial charge on any atom is 0.303 e. The summed E-state index contributed by atoms with van der Waals surface area (Å²) < 4.78 is 65.3. The van der Waals surface area contributed by atoms with Crippen LogP contribution in [0.5, 0.6) is 17.2 Å². The molecule has 1 aliphatic carbocycles. The number of carbonyl (C=O) groups excluding carboxylic acids is 3. The second-order valence-electron chi connectivity index (χ2n) is 18.7. The normalized spacial score (nSPS) is 38.7. The van der Waals surface area contributed by atoms with Gasteiger partial charge in [-0.15, -0.1) is 0 Å². The number of phenols is 2. The molecule has 2 aromatic carbocycles. The summed E-state index contributed by atoms with van der Waals surface area (Å²) in [6.45, 7) is 8.94. The van der Waals surface area contributed by atoms with Crippen molar-refractivity contribution in [2.75, 3.05) is 14.2 Å². The van der Waals surface area contributed by atoms with Crippen LogP contribution in [0, 0.1) is 5.92 Å². The van der Waals surface area contributed by atoms with E-state index in [4.69, 9.17) is 52.1 Å². The lowest BCUT2D eigenvalue weighted by atomic mass is 9.75. The smallest absolute Gasteiger partial charge is 0.303 e. The van der Waals surface area contributed by atoms with Crippen molar-refractivity contribution >= 4 is 28.3 Å². The number of ketones is 2. The van der Waals surface area contributed by atoms with Gasteiger partial charge in [-0.1, -0.05) is 0 Å². The van der Waals surface area contributed by atoms with Crippen molar-refractivity contribution < 1.29 is 107 Å². The van der Waals surface area contributed by atoms with Gasteiger partial charge in [-0.25, -0.2) is 0 Å². The molecule has 386 valence electrons. The molecule has 0 spiro atoms. The Bertz CT molecular complexity index is 2110. The second-order valence-corrected chi connectivity index (χ2v) is 18.7. The van der Waals surface area contributed by atoms with Crippen LogP contribution in [-0.2, 0) is 63.4 Å². The quantitative estimate of drug-likeness (QED) is 0.112. The summed E-state index contributed by atoms with van der Waals surface area (Å²) in [6.07, 6.45) is -22.2. The summed E-state index contributed by atoms with van der Waals surface area (Å²) in [5.41, 5.74) is -0.0476. The molecule has 4 fully saturated rings. The van der Waals surface area contributed by atoms with Gasteiger partial charge < -0.3 is 93.0 Å². The molecular weight excluding hydrogens is 916 g/mol. The highest BCUT2D eigenvalue weighted by atomic mass is 16.7. The monoisotopic (exact) mass is 982 g/mol. The number of carbonyl (C=O) groups is 3. The van der Waals surface area contributed by atoms with Gasteiger partial charge in [0.2, 0.25) is 6.29 Å². The molecule has 4 saturated heterocycles. The second kappa shape index (κ2) is 22.0. The molecule has 5 aliphatic rings. The Labute approximate surface area is 398 Å². The van der Waals surface area contributed by atoms with Crippen LogP contribution in [0.2, 0.25) is 0 Å². The molecule has 4 aliphatic heterocycles. The molecule has 69 heavy (non-hydrogen) atoms. The third-order valence-corrected chi connectivity index (χ3v) is 13.7. The summed E-state index contributed by atoms with van der Waals surface area (Å²) in [7, 11) is 2.65. The number of aliphatic hydroxyl groups is 6. The van der Waals surface area contributed by atoms with Crippen molar-refractivity contribution in [3.8, 4) is 17.2 Å². The fraction of sp³-hybridized carbons (Fsp3) is 0.723. The molecule has 0 unspecified atom stereocenters. The first-order valence-electron chi connectivity index (χ1n) is 23.3. The van der Waals surface area contributed by atoms with Gasteiger partial charge in [-0.3, -0.25) is 14.4 Å². The van der Waals surface area contributed by atoms with E-state index in [9.17, 15) is 55.2 Å². The summed E-state index contributed by atoms with van der Waals surface area (Å²) in [5, 5.41) is 86.7. The Kier molecular flexibility index (Phi) is 16.9. The molecular formula is C47H66O22. The Morgan fingerprint density at radius 1 is 0.725 bits per heavy atom. The minimum atomic E-state index is -1.92. The van der Waals surface area contributed by atoms with Crippen LogP contribution in [0.25, 0.3) is 10.8 Å². The molecule has 4 heterocycles. The SMILES string of the molecule is CO[C@@H]1[C@H](O)C[C@@H](O[C@@H]2C[C@H](Oc3cc(O)c4c(O)c5c(cc4c3)C[C@@H]([C@H](OC)C(=O)[C@@H](O)[C@@H](C)O)[C@H](O[C@H]3C[C@@H](O[C@H]4C[C@@H](O)[C@H](O)[C@@H](C)O4)[C@H](O)[C@@H](C)O3)C5=O)O[C@H](C)[C@@H]2OC(C)=O)O[C@@H]1C. The molecule has 2 aromatic rings. The first-order chi connectivity index (χ1) is 32.6. The maximum atomic E-state index is 14.8. The Balaban J connectivity index is 1.17. The first kappa shape index (κ1) is 53.1. The van der Waals surface area contributed by atoms with Gasteiger partial charge in [0, 0.05) is 58.8 Å². The number of hydrogen-bond donors (Lipinski definition) is 8. The zero-order chi connectivity index (χ0) is 50.3. The predicted octanol–water partition coefficient (Wildman–Crippen LogP) is 0.396. The average molecular weight is 983 g/mol. The first-order valence-corrected chi connectivity index (χ1v) is 23.3. The van der Waals surface area contributed by atoms with E-state index in [0.717, 1.165) is 0 Å². The molecule has 0 saturated carbocycles. The van der Waals surface area contributed by atoms with Crippen molar-refractivity contribution in [3.63, 3.8) is 0 Å². The number of fused-ring (bicyclic) bond motifs is 2. The number of Topliss-reactive ketones (excluding diaryl/α,β-unsaturated/α-hetero) is 2. The summed E-state index contributed by atoms with van der Waals surface area (Å²) in [6, 6.07) is 4.22. The lowest BCUT2D eigenvalue weighted by Gasteiger charge is -2.43. The van der Waals surface area contributed by atoms with Gasteiger partial charge in [-0.2, -0.15) is 0 Å². The highest BCUT2D eigenvalue weighted by Gasteiger charge is 2.50. The number of phenolic OH excluding ortho intramolecular Hbond substituents is 2. The number of aromatic hydroxyl groups is 2. The van der Waals surface area contributed by atoms with Crippen LogP contribution in [0.4, 0.5) is 0 Å². The third-order valence-electron chi connectivity index (χ3n) is 13.7. The van der Waals surface area contributed by atoms with Crippen LogP contribution in [0.3, 0.4) is 0 Å². The van der Waals surface area contributed by atoms with Crippen LogP contribution in [0.15, 0.2) is 18.2 Å². The fourth-order valence-electron chi connectivity index (χ4n) is 10.1. The number of benzene rings is 2. The summed E-state index contributed by atoms with van der Waals surface area (Å²) in [4.78, 5) is 40.7. The Morgan fingerprint density at radius 3 is 1.91 bits per heavy atom. The van der Waals surface area contributed by atoms with Crippen molar-refractivity contribution in [3.05, 3.63) is 29.3 Å². The highest BCUT2D eigenvalue weighted by Crippen LogP contribution is 2.46. The van der Waals surface area contributed by atoms with E-state index in [2.05, 4.69) is 0 Å². The van der Waals surface area contributed by atoms with E-state index < -0.39 is 158 Å². The number of rotatable bonds is 15.